The third kappa shape index (κ3) is 4.14. The molecule has 19 heavy (non-hydrogen) atoms. The Kier molecular flexibility index (Phi) is 4.63. The highest BCUT2D eigenvalue weighted by atomic mass is 32.2. The molecule has 0 heterocycles. The van der Waals surface area contributed by atoms with E-state index in [2.05, 4.69) is 30.5 Å². The summed E-state index contributed by atoms with van der Waals surface area (Å²) in [5.41, 5.74) is 1.36. The number of thiol groups is 1. The van der Waals surface area contributed by atoms with Crippen LogP contribution in [0.2, 0.25) is 0 Å². The Bertz CT molecular complexity index is 534. The Hall–Kier alpha value is -1.74. The van der Waals surface area contributed by atoms with Crippen LogP contribution in [0.3, 0.4) is 0 Å². The van der Waals surface area contributed by atoms with E-state index in [-0.39, 0.29) is 16.9 Å². The number of carbonyl (C=O) groups excluding carboxylic acids is 1. The normalized spacial score (nSPS) is 12.8. The van der Waals surface area contributed by atoms with E-state index in [9.17, 15) is 4.79 Å². The number of ether oxygens (including phenoxy) is 1. The number of esters is 1. The molecular weight excluding hydrogens is 256 g/mol. The Morgan fingerprint density at radius 3 is 2.26 bits per heavy atom. The van der Waals surface area contributed by atoms with E-state index in [4.69, 9.17) is 4.74 Å². The van der Waals surface area contributed by atoms with E-state index >= 15 is 0 Å². The van der Waals surface area contributed by atoms with Crippen LogP contribution in [0.1, 0.15) is 12.5 Å². The first-order valence-corrected chi connectivity index (χ1v) is 8.16. The lowest BCUT2D eigenvalue weighted by Gasteiger charge is -2.17. The van der Waals surface area contributed by atoms with Gasteiger partial charge < -0.3 is 4.74 Å². The van der Waals surface area contributed by atoms with Gasteiger partial charge in [0.25, 0.3) is 0 Å². The van der Waals surface area contributed by atoms with Gasteiger partial charge in [-0.05, 0) is 41.0 Å². The molecule has 0 fully saturated rings. The predicted molar refractivity (Wildman–Crippen MR) is 81.1 cm³/mol. The maximum absolute atomic E-state index is 10.9. The summed E-state index contributed by atoms with van der Waals surface area (Å²) in [5.74, 6) is 1.40. The molecule has 2 rings (SSSR count). The minimum atomic E-state index is -0.282. The maximum atomic E-state index is 10.9. The van der Waals surface area contributed by atoms with Gasteiger partial charge in [-0.2, -0.15) is 0 Å². The number of benzene rings is 2. The minimum absolute atomic E-state index is 0.225. The summed E-state index contributed by atoms with van der Waals surface area (Å²) >= 11 is 0. The molecule has 0 aromatic heterocycles. The van der Waals surface area contributed by atoms with Gasteiger partial charge in [0.05, 0.1) is 0 Å². The van der Waals surface area contributed by atoms with Gasteiger partial charge in [-0.1, -0.05) is 30.3 Å². The van der Waals surface area contributed by atoms with Crippen molar-refractivity contribution in [3.05, 3.63) is 60.2 Å². The van der Waals surface area contributed by atoms with Gasteiger partial charge in [0.1, 0.15) is 5.75 Å². The molecule has 1 unspecified atom stereocenters. The molecular formula is C16H18O2S. The Morgan fingerprint density at radius 2 is 1.68 bits per heavy atom. The van der Waals surface area contributed by atoms with Gasteiger partial charge in [0.15, 0.2) is 0 Å². The molecule has 0 bridgehead atoms. The van der Waals surface area contributed by atoms with Crippen LogP contribution in [0.4, 0.5) is 0 Å². The fraction of sp³-hybridized carbons (Fsp3) is 0.188. The minimum Gasteiger partial charge on any atom is -0.427 e. The molecule has 1 atom stereocenters. The van der Waals surface area contributed by atoms with Gasteiger partial charge in [0, 0.05) is 12.7 Å². The van der Waals surface area contributed by atoms with Crippen molar-refractivity contribution in [2.45, 2.75) is 17.6 Å². The van der Waals surface area contributed by atoms with E-state index in [1.165, 1.54) is 17.4 Å². The lowest BCUT2D eigenvalue weighted by atomic mass is 10.2. The van der Waals surface area contributed by atoms with Gasteiger partial charge in [-0.25, -0.2) is 10.9 Å². The van der Waals surface area contributed by atoms with Gasteiger partial charge in [0.2, 0.25) is 0 Å². The van der Waals surface area contributed by atoms with Gasteiger partial charge in [-0.15, -0.1) is 0 Å². The zero-order chi connectivity index (χ0) is 13.7. The first-order valence-electron chi connectivity index (χ1n) is 6.19. The number of hydrogen-bond donors (Lipinski definition) is 1. The molecule has 3 heteroatoms. The first kappa shape index (κ1) is 13.7. The fourth-order valence-electron chi connectivity index (χ4n) is 1.88. The first-order chi connectivity index (χ1) is 9.15. The molecule has 2 aromatic rings. The second-order valence-corrected chi connectivity index (χ2v) is 6.66. The van der Waals surface area contributed by atoms with E-state index < -0.39 is 0 Å². The van der Waals surface area contributed by atoms with Crippen LogP contribution in [0.15, 0.2) is 59.5 Å². The van der Waals surface area contributed by atoms with Crippen LogP contribution in [0.5, 0.6) is 5.75 Å². The van der Waals surface area contributed by atoms with E-state index in [0.29, 0.717) is 5.75 Å². The van der Waals surface area contributed by atoms with Crippen LogP contribution in [-0.2, 0) is 10.5 Å². The Balaban J connectivity index is 2.03. The predicted octanol–water partition coefficient (Wildman–Crippen LogP) is 3.80. The van der Waals surface area contributed by atoms with Crippen molar-refractivity contribution in [1.29, 1.82) is 0 Å². The molecule has 0 saturated heterocycles. The van der Waals surface area contributed by atoms with E-state index in [1.54, 1.807) is 0 Å². The molecule has 0 spiro atoms. The van der Waals surface area contributed by atoms with Crippen LogP contribution in [-0.4, -0.2) is 12.2 Å². The molecule has 0 amide bonds. The lowest BCUT2D eigenvalue weighted by Crippen LogP contribution is -2.00. The lowest BCUT2D eigenvalue weighted by molar-refractivity contribution is -0.131. The van der Waals surface area contributed by atoms with Crippen molar-refractivity contribution >= 4 is 16.9 Å². The molecule has 0 aliphatic carbocycles. The van der Waals surface area contributed by atoms with Crippen LogP contribution >= 0.6 is 10.9 Å². The highest BCUT2D eigenvalue weighted by molar-refractivity contribution is 8.15. The number of rotatable bonds is 4. The van der Waals surface area contributed by atoms with Crippen LogP contribution < -0.4 is 4.74 Å². The largest absolute Gasteiger partial charge is 0.427 e. The summed E-state index contributed by atoms with van der Waals surface area (Å²) in [6.45, 7) is 1.41. The highest BCUT2D eigenvalue weighted by Crippen LogP contribution is 2.36. The molecule has 0 aliphatic rings. The SMILES string of the molecule is CC(=O)Oc1ccc([SH](C)Cc2ccccc2)cc1. The van der Waals surface area contributed by atoms with E-state index in [0.717, 1.165) is 5.75 Å². The van der Waals surface area contributed by atoms with E-state index in [1.807, 2.05) is 30.3 Å². The average Bonchev–Trinajstić information content (AvgIpc) is 2.40. The summed E-state index contributed by atoms with van der Waals surface area (Å²) in [6, 6.07) is 18.3. The molecule has 100 valence electrons. The van der Waals surface area contributed by atoms with Crippen molar-refractivity contribution in [2.75, 3.05) is 6.26 Å². The third-order valence-electron chi connectivity index (χ3n) is 2.80. The monoisotopic (exact) mass is 274 g/mol. The summed E-state index contributed by atoms with van der Waals surface area (Å²) < 4.78 is 5.04. The molecule has 0 radical (unpaired) electrons. The second-order valence-electron chi connectivity index (χ2n) is 4.43. The molecule has 0 aliphatic heterocycles. The zero-order valence-corrected chi connectivity index (χ0v) is 12.1. The van der Waals surface area contributed by atoms with Crippen molar-refractivity contribution < 1.29 is 9.53 Å². The molecule has 0 saturated carbocycles. The van der Waals surface area contributed by atoms with Crippen molar-refractivity contribution in [3.63, 3.8) is 0 Å². The smallest absolute Gasteiger partial charge is 0.308 e. The Morgan fingerprint density at radius 1 is 1.05 bits per heavy atom. The van der Waals surface area contributed by atoms with Gasteiger partial charge >= 0.3 is 5.97 Å². The second kappa shape index (κ2) is 6.43. The fourth-order valence-corrected chi connectivity index (χ4v) is 3.48. The summed E-state index contributed by atoms with van der Waals surface area (Å²) in [5, 5.41) is 0. The van der Waals surface area contributed by atoms with Crippen molar-refractivity contribution in [1.82, 2.24) is 0 Å². The Labute approximate surface area is 116 Å². The average molecular weight is 274 g/mol. The number of carbonyl (C=O) groups is 1. The van der Waals surface area contributed by atoms with Gasteiger partial charge in [-0.3, -0.25) is 4.79 Å². The quantitative estimate of drug-likeness (QED) is 0.521. The molecule has 2 aromatic carbocycles. The summed E-state index contributed by atoms with van der Waals surface area (Å²) in [7, 11) is -0.225. The highest BCUT2D eigenvalue weighted by Gasteiger charge is 2.04. The zero-order valence-electron chi connectivity index (χ0n) is 11.2. The third-order valence-corrected chi connectivity index (χ3v) is 4.82. The topological polar surface area (TPSA) is 26.3 Å². The van der Waals surface area contributed by atoms with Crippen molar-refractivity contribution in [3.8, 4) is 5.75 Å². The summed E-state index contributed by atoms with van der Waals surface area (Å²) in [6.07, 6.45) is 2.27. The van der Waals surface area contributed by atoms with Crippen LogP contribution in [0, 0.1) is 0 Å². The number of hydrogen-bond acceptors (Lipinski definition) is 2. The maximum Gasteiger partial charge on any atom is 0.308 e. The van der Waals surface area contributed by atoms with Crippen LogP contribution in [0.25, 0.3) is 0 Å². The molecule has 2 nitrogen and oxygen atoms in total. The summed E-state index contributed by atoms with van der Waals surface area (Å²) in [4.78, 5) is 12.2. The van der Waals surface area contributed by atoms with Crippen molar-refractivity contribution in [2.24, 2.45) is 0 Å². The standard InChI is InChI=1S/C16H18O2S/c1-13(17)18-15-8-10-16(11-9-15)19(2)12-14-6-4-3-5-7-14/h3-11,19H,12H2,1-2H3. The molecule has 0 N–H and O–H groups in total.